The Morgan fingerprint density at radius 3 is 2.82 bits per heavy atom. The molecule has 0 aliphatic carbocycles. The summed E-state index contributed by atoms with van der Waals surface area (Å²) < 4.78 is 5.10. The highest BCUT2D eigenvalue weighted by Crippen LogP contribution is 2.22. The van der Waals surface area contributed by atoms with Crippen molar-refractivity contribution in [3.8, 4) is 5.75 Å². The number of hydrogen-bond acceptors (Lipinski definition) is 4. The molecule has 0 atom stereocenters. The van der Waals surface area contributed by atoms with Crippen LogP contribution in [0.25, 0.3) is 0 Å². The number of anilines is 2. The Hall–Kier alpha value is -2.23. The van der Waals surface area contributed by atoms with Crippen molar-refractivity contribution in [1.29, 1.82) is 0 Å². The molecule has 17 heavy (non-hydrogen) atoms. The first-order valence-corrected chi connectivity index (χ1v) is 5.37. The van der Waals surface area contributed by atoms with Gasteiger partial charge in [-0.1, -0.05) is 12.1 Å². The van der Waals surface area contributed by atoms with Gasteiger partial charge in [0.15, 0.2) is 0 Å². The highest BCUT2D eigenvalue weighted by atomic mass is 16.5. The third-order valence-corrected chi connectivity index (χ3v) is 2.43. The average Bonchev–Trinajstić information content (AvgIpc) is 2.38. The van der Waals surface area contributed by atoms with E-state index in [1.807, 2.05) is 36.4 Å². The lowest BCUT2D eigenvalue weighted by Crippen LogP contribution is -2.02. The van der Waals surface area contributed by atoms with Gasteiger partial charge in [0.05, 0.1) is 12.8 Å². The average molecular weight is 229 g/mol. The lowest BCUT2D eigenvalue weighted by Gasteiger charge is -2.08. The molecule has 1 heterocycles. The van der Waals surface area contributed by atoms with Gasteiger partial charge in [0.2, 0.25) is 0 Å². The molecule has 0 saturated carbocycles. The summed E-state index contributed by atoms with van der Waals surface area (Å²) in [6.07, 6.45) is 1.75. The van der Waals surface area contributed by atoms with E-state index in [9.17, 15) is 0 Å². The molecule has 1 aromatic heterocycles. The van der Waals surface area contributed by atoms with Gasteiger partial charge in [-0.15, -0.1) is 0 Å². The largest absolute Gasteiger partial charge is 0.495 e. The fourth-order valence-corrected chi connectivity index (χ4v) is 1.55. The van der Waals surface area contributed by atoms with Crippen molar-refractivity contribution in [3.63, 3.8) is 0 Å². The molecule has 0 fully saturated rings. The maximum absolute atomic E-state index is 5.83. The molecule has 3 N–H and O–H groups in total. The van der Waals surface area contributed by atoms with E-state index in [0.29, 0.717) is 18.0 Å². The van der Waals surface area contributed by atoms with Crippen molar-refractivity contribution >= 4 is 11.5 Å². The quantitative estimate of drug-likeness (QED) is 0.790. The van der Waals surface area contributed by atoms with Crippen molar-refractivity contribution in [2.45, 2.75) is 6.54 Å². The van der Waals surface area contributed by atoms with Crippen molar-refractivity contribution < 1.29 is 4.74 Å². The minimum Gasteiger partial charge on any atom is -0.495 e. The molecule has 0 aliphatic heterocycles. The predicted molar refractivity (Wildman–Crippen MR) is 69.0 cm³/mol. The van der Waals surface area contributed by atoms with E-state index in [0.717, 1.165) is 11.4 Å². The standard InChI is InChI=1S/C13H15N3O/c1-17-12-6-5-10(8-11(12)14)9-16-13-4-2-3-7-15-13/h2-8H,9,14H2,1H3,(H,15,16). The van der Waals surface area contributed by atoms with Crippen LogP contribution in [0.2, 0.25) is 0 Å². The zero-order chi connectivity index (χ0) is 12.1. The molecule has 0 saturated heterocycles. The molecule has 0 amide bonds. The van der Waals surface area contributed by atoms with Crippen LogP contribution in [-0.2, 0) is 6.54 Å². The molecule has 0 aliphatic rings. The van der Waals surface area contributed by atoms with E-state index >= 15 is 0 Å². The maximum atomic E-state index is 5.83. The first-order chi connectivity index (χ1) is 8.29. The van der Waals surface area contributed by atoms with Crippen LogP contribution in [0.5, 0.6) is 5.75 Å². The summed E-state index contributed by atoms with van der Waals surface area (Å²) in [6.45, 7) is 0.686. The second kappa shape index (κ2) is 5.21. The zero-order valence-electron chi connectivity index (χ0n) is 9.68. The second-order valence-corrected chi connectivity index (χ2v) is 3.64. The summed E-state index contributed by atoms with van der Waals surface area (Å²) >= 11 is 0. The minimum absolute atomic E-state index is 0.646. The summed E-state index contributed by atoms with van der Waals surface area (Å²) in [4.78, 5) is 4.18. The number of nitrogens with one attached hydrogen (secondary N) is 1. The van der Waals surface area contributed by atoms with Gasteiger partial charge in [-0.25, -0.2) is 4.98 Å². The fourth-order valence-electron chi connectivity index (χ4n) is 1.55. The Kier molecular flexibility index (Phi) is 3.45. The van der Waals surface area contributed by atoms with Crippen LogP contribution in [0.3, 0.4) is 0 Å². The number of nitrogen functional groups attached to an aromatic ring is 1. The molecule has 0 radical (unpaired) electrons. The third-order valence-electron chi connectivity index (χ3n) is 2.43. The number of aromatic nitrogens is 1. The number of ether oxygens (including phenoxy) is 1. The smallest absolute Gasteiger partial charge is 0.141 e. The van der Waals surface area contributed by atoms with Gasteiger partial charge in [0.25, 0.3) is 0 Å². The summed E-state index contributed by atoms with van der Waals surface area (Å²) in [5.74, 6) is 1.55. The Labute approximate surface area is 100 Å². The molecule has 2 aromatic rings. The lowest BCUT2D eigenvalue weighted by atomic mass is 10.2. The van der Waals surface area contributed by atoms with Gasteiger partial charge >= 0.3 is 0 Å². The van der Waals surface area contributed by atoms with E-state index in [1.165, 1.54) is 0 Å². The minimum atomic E-state index is 0.646. The SMILES string of the molecule is COc1ccc(CNc2ccccn2)cc1N. The molecule has 0 bridgehead atoms. The number of nitrogens with two attached hydrogens (primary N) is 1. The Morgan fingerprint density at radius 2 is 2.18 bits per heavy atom. The number of benzene rings is 1. The van der Waals surface area contributed by atoms with Gasteiger partial charge in [0.1, 0.15) is 11.6 Å². The topological polar surface area (TPSA) is 60.2 Å². The van der Waals surface area contributed by atoms with Crippen LogP contribution in [0.15, 0.2) is 42.6 Å². The van der Waals surface area contributed by atoms with E-state index in [4.69, 9.17) is 10.5 Å². The predicted octanol–water partition coefficient (Wildman–Crippen LogP) is 2.28. The van der Waals surface area contributed by atoms with Gasteiger partial charge in [-0.05, 0) is 29.8 Å². The Morgan fingerprint density at radius 1 is 1.29 bits per heavy atom. The van der Waals surface area contributed by atoms with Crippen molar-refractivity contribution in [2.75, 3.05) is 18.2 Å². The van der Waals surface area contributed by atoms with Crippen LogP contribution >= 0.6 is 0 Å². The summed E-state index contributed by atoms with van der Waals surface area (Å²) in [5, 5.41) is 3.22. The van der Waals surface area contributed by atoms with Crippen molar-refractivity contribution in [1.82, 2.24) is 4.98 Å². The molecule has 0 unspecified atom stereocenters. The molecular formula is C13H15N3O. The number of rotatable bonds is 4. The van der Waals surface area contributed by atoms with Gasteiger partial charge in [-0.2, -0.15) is 0 Å². The van der Waals surface area contributed by atoms with Crippen LogP contribution in [0.1, 0.15) is 5.56 Å². The van der Waals surface area contributed by atoms with E-state index in [-0.39, 0.29) is 0 Å². The van der Waals surface area contributed by atoms with Crippen LogP contribution in [0, 0.1) is 0 Å². The highest BCUT2D eigenvalue weighted by molar-refractivity contribution is 5.54. The van der Waals surface area contributed by atoms with E-state index in [1.54, 1.807) is 13.3 Å². The van der Waals surface area contributed by atoms with Crippen LogP contribution in [-0.4, -0.2) is 12.1 Å². The number of methoxy groups -OCH3 is 1. The monoisotopic (exact) mass is 229 g/mol. The number of hydrogen-bond donors (Lipinski definition) is 2. The highest BCUT2D eigenvalue weighted by Gasteiger charge is 2.00. The fraction of sp³-hybridized carbons (Fsp3) is 0.154. The molecule has 2 rings (SSSR count). The molecule has 4 nitrogen and oxygen atoms in total. The summed E-state index contributed by atoms with van der Waals surface area (Å²) in [6, 6.07) is 11.5. The second-order valence-electron chi connectivity index (χ2n) is 3.64. The summed E-state index contributed by atoms with van der Waals surface area (Å²) in [5.41, 5.74) is 7.57. The van der Waals surface area contributed by atoms with Gasteiger partial charge < -0.3 is 15.8 Å². The number of nitrogens with zero attached hydrogens (tertiary/aromatic N) is 1. The van der Waals surface area contributed by atoms with Crippen molar-refractivity contribution in [2.24, 2.45) is 0 Å². The lowest BCUT2D eigenvalue weighted by molar-refractivity contribution is 0.417. The summed E-state index contributed by atoms with van der Waals surface area (Å²) in [7, 11) is 1.61. The van der Waals surface area contributed by atoms with Gasteiger partial charge in [-0.3, -0.25) is 0 Å². The van der Waals surface area contributed by atoms with Crippen LogP contribution in [0.4, 0.5) is 11.5 Å². The molecular weight excluding hydrogens is 214 g/mol. The van der Waals surface area contributed by atoms with Crippen LogP contribution < -0.4 is 15.8 Å². The van der Waals surface area contributed by atoms with E-state index < -0.39 is 0 Å². The number of pyridine rings is 1. The van der Waals surface area contributed by atoms with E-state index in [2.05, 4.69) is 10.3 Å². The normalized spacial score (nSPS) is 9.94. The molecule has 88 valence electrons. The Balaban J connectivity index is 2.02. The Bertz CT molecular complexity index is 485. The first kappa shape index (κ1) is 11.3. The first-order valence-electron chi connectivity index (χ1n) is 5.37. The molecule has 4 heteroatoms. The van der Waals surface area contributed by atoms with Gasteiger partial charge in [0, 0.05) is 12.7 Å². The third kappa shape index (κ3) is 2.87. The molecule has 1 aromatic carbocycles. The zero-order valence-corrected chi connectivity index (χ0v) is 9.68. The maximum Gasteiger partial charge on any atom is 0.141 e. The molecule has 0 spiro atoms. The van der Waals surface area contributed by atoms with Crippen molar-refractivity contribution in [3.05, 3.63) is 48.2 Å².